The number of amides is 3. The highest BCUT2D eigenvalue weighted by atomic mass is 35.5. The molecule has 3 heterocycles. The molecule has 1 aliphatic heterocycles. The molecule has 0 aliphatic carbocycles. The van der Waals surface area contributed by atoms with Crippen LogP contribution in [0.1, 0.15) is 43.2 Å². The minimum atomic E-state index is -4.57. The molecule has 1 saturated heterocycles. The number of ether oxygens (including phenoxy) is 1. The number of H-pyrrole nitrogens is 1. The molecule has 0 unspecified atom stereocenters. The Kier molecular flexibility index (Phi) is 8.01. The minimum Gasteiger partial charge on any atom is -0.444 e. The second kappa shape index (κ2) is 11.4. The molecule has 3 amide bonds. The quantitative estimate of drug-likeness (QED) is 0.218. The van der Waals surface area contributed by atoms with Gasteiger partial charge in [0.15, 0.2) is 0 Å². The molecular weight excluding hydrogens is 609 g/mol. The summed E-state index contributed by atoms with van der Waals surface area (Å²) in [7, 11) is 0. The molecule has 0 atom stereocenters. The van der Waals surface area contributed by atoms with Gasteiger partial charge in [-0.3, -0.25) is 24.5 Å². The molecule has 4 aromatic rings. The van der Waals surface area contributed by atoms with Gasteiger partial charge in [0.05, 0.1) is 41.0 Å². The van der Waals surface area contributed by atoms with Crippen molar-refractivity contribution in [2.75, 3.05) is 5.32 Å². The molecule has 1 aliphatic rings. The van der Waals surface area contributed by atoms with Gasteiger partial charge >= 0.3 is 12.3 Å². The molecule has 1 fully saturated rings. The summed E-state index contributed by atoms with van der Waals surface area (Å²) in [6.07, 6.45) is -0.742. The third-order valence-corrected chi connectivity index (χ3v) is 7.25. The van der Waals surface area contributed by atoms with E-state index < -0.39 is 34.6 Å². The van der Waals surface area contributed by atoms with Gasteiger partial charge in [-0.2, -0.15) is 18.3 Å². The second-order valence-corrected chi connectivity index (χ2v) is 12.0. The molecule has 0 radical (unpaired) electrons. The summed E-state index contributed by atoms with van der Waals surface area (Å²) < 4.78 is 47.3. The van der Waals surface area contributed by atoms with E-state index in [9.17, 15) is 27.6 Å². The Morgan fingerprint density at radius 3 is 2.63 bits per heavy atom. The fourth-order valence-corrected chi connectivity index (χ4v) is 5.30. The number of thioether (sulfide) groups is 1. The first-order chi connectivity index (χ1) is 20.2. The SMILES string of the molecule is CC(C)(C)OC(=O)Nc1nc(CN2C(=O)SC(=Cc3ccc4c(cnn4Cc4ccc(Cl)cc4C(F)(F)F)c3)C2=O)c[nH]1. The molecule has 2 aromatic carbocycles. The average Bonchev–Trinajstić information content (AvgIpc) is 3.58. The largest absolute Gasteiger partial charge is 0.444 e. The molecule has 224 valence electrons. The number of nitrogens with one attached hydrogen (secondary N) is 2. The Balaban J connectivity index is 1.29. The van der Waals surface area contributed by atoms with E-state index in [1.165, 1.54) is 29.2 Å². The topological polar surface area (TPSA) is 122 Å². The number of imidazole rings is 1. The monoisotopic (exact) mass is 632 g/mol. The summed E-state index contributed by atoms with van der Waals surface area (Å²) in [4.78, 5) is 45.8. The van der Waals surface area contributed by atoms with Crippen LogP contribution in [0.25, 0.3) is 17.0 Å². The molecule has 15 heteroatoms. The maximum absolute atomic E-state index is 13.5. The molecule has 0 saturated carbocycles. The number of aromatic nitrogens is 4. The number of benzene rings is 2. The van der Waals surface area contributed by atoms with E-state index in [-0.39, 0.29) is 34.5 Å². The molecule has 10 nitrogen and oxygen atoms in total. The van der Waals surface area contributed by atoms with E-state index >= 15 is 0 Å². The zero-order chi connectivity index (χ0) is 31.1. The fraction of sp³-hybridized carbons (Fsp3) is 0.250. The van der Waals surface area contributed by atoms with Crippen LogP contribution in [-0.4, -0.2) is 47.5 Å². The standard InChI is InChI=1S/C28H24ClF3N6O4S/c1-27(2,3)42-25(40)36-24-33-12-19(35-24)14-37-23(39)22(43-26(37)41)9-15-4-7-21-17(8-15)11-34-38(21)13-16-5-6-18(29)10-20(16)28(30,31)32/h4-12H,13-14H2,1-3H3,(H2,33,35,36,40). The molecule has 0 spiro atoms. The first-order valence-electron chi connectivity index (χ1n) is 12.8. The smallest absolute Gasteiger partial charge is 0.416 e. The van der Waals surface area contributed by atoms with E-state index in [1.54, 1.807) is 45.0 Å². The van der Waals surface area contributed by atoms with E-state index in [2.05, 4.69) is 20.4 Å². The zero-order valence-electron chi connectivity index (χ0n) is 23.0. The van der Waals surface area contributed by atoms with Crippen molar-refractivity contribution < 1.29 is 32.3 Å². The fourth-order valence-electron chi connectivity index (χ4n) is 4.29. The van der Waals surface area contributed by atoms with Crippen LogP contribution in [0.3, 0.4) is 0 Å². The number of fused-ring (bicyclic) bond motifs is 1. The molecule has 5 rings (SSSR count). The number of anilines is 1. The lowest BCUT2D eigenvalue weighted by atomic mass is 10.1. The van der Waals surface area contributed by atoms with Gasteiger partial charge in [-0.05, 0) is 74.0 Å². The summed E-state index contributed by atoms with van der Waals surface area (Å²) in [5, 5.41) is 6.84. The summed E-state index contributed by atoms with van der Waals surface area (Å²) in [5.74, 6) is -0.413. The van der Waals surface area contributed by atoms with Crippen LogP contribution >= 0.6 is 23.4 Å². The number of imide groups is 1. The highest BCUT2D eigenvalue weighted by Gasteiger charge is 2.36. The van der Waals surface area contributed by atoms with E-state index in [1.807, 2.05) is 0 Å². The molecule has 0 bridgehead atoms. The summed E-state index contributed by atoms with van der Waals surface area (Å²) in [5.41, 5.74) is 0.0199. The number of carbonyl (C=O) groups is 3. The van der Waals surface area contributed by atoms with Crippen LogP contribution in [-0.2, 0) is 28.8 Å². The van der Waals surface area contributed by atoms with Crippen LogP contribution < -0.4 is 5.32 Å². The van der Waals surface area contributed by atoms with E-state index in [4.69, 9.17) is 16.3 Å². The molecular formula is C28H24ClF3N6O4S. The number of rotatable bonds is 6. The Hall–Kier alpha value is -4.30. The van der Waals surface area contributed by atoms with Crippen molar-refractivity contribution >= 4 is 63.5 Å². The lowest BCUT2D eigenvalue weighted by molar-refractivity contribution is -0.138. The maximum atomic E-state index is 13.5. The van der Waals surface area contributed by atoms with Crippen molar-refractivity contribution in [3.8, 4) is 0 Å². The average molecular weight is 633 g/mol. The summed E-state index contributed by atoms with van der Waals surface area (Å²) >= 11 is 6.56. The van der Waals surface area contributed by atoms with Crippen molar-refractivity contribution in [3.05, 3.63) is 81.1 Å². The van der Waals surface area contributed by atoms with Crippen molar-refractivity contribution in [3.63, 3.8) is 0 Å². The lowest BCUT2D eigenvalue weighted by Crippen LogP contribution is -2.28. The normalized spacial score (nSPS) is 15.1. The van der Waals surface area contributed by atoms with Crippen LogP contribution in [0.4, 0.5) is 28.7 Å². The number of nitrogens with zero attached hydrogens (tertiary/aromatic N) is 4. The number of hydrogen-bond donors (Lipinski definition) is 2. The van der Waals surface area contributed by atoms with Crippen molar-refractivity contribution in [1.82, 2.24) is 24.6 Å². The third kappa shape index (κ3) is 7.03. The molecule has 2 aromatic heterocycles. The van der Waals surface area contributed by atoms with Crippen LogP contribution in [0, 0.1) is 0 Å². The highest BCUT2D eigenvalue weighted by molar-refractivity contribution is 8.18. The van der Waals surface area contributed by atoms with Crippen LogP contribution in [0.15, 0.2) is 53.7 Å². The highest BCUT2D eigenvalue weighted by Crippen LogP contribution is 2.35. The Bertz CT molecular complexity index is 1780. The van der Waals surface area contributed by atoms with Crippen LogP contribution in [0.2, 0.25) is 5.02 Å². The second-order valence-electron chi connectivity index (χ2n) is 10.6. The predicted molar refractivity (Wildman–Crippen MR) is 155 cm³/mol. The number of carbonyl (C=O) groups excluding carboxylic acids is 3. The van der Waals surface area contributed by atoms with Gasteiger partial charge in [-0.25, -0.2) is 9.78 Å². The van der Waals surface area contributed by atoms with Crippen molar-refractivity contribution in [1.29, 1.82) is 0 Å². The van der Waals surface area contributed by atoms with Crippen molar-refractivity contribution in [2.24, 2.45) is 0 Å². The number of halogens is 4. The van der Waals surface area contributed by atoms with Gasteiger partial charge in [0.25, 0.3) is 11.1 Å². The Morgan fingerprint density at radius 1 is 1.14 bits per heavy atom. The first-order valence-corrected chi connectivity index (χ1v) is 14.0. The molecule has 2 N–H and O–H groups in total. The summed E-state index contributed by atoms with van der Waals surface area (Å²) in [6.45, 7) is 4.91. The number of aromatic amines is 1. The summed E-state index contributed by atoms with van der Waals surface area (Å²) in [6, 6.07) is 8.70. The van der Waals surface area contributed by atoms with E-state index in [0.29, 0.717) is 22.2 Å². The molecule has 43 heavy (non-hydrogen) atoms. The van der Waals surface area contributed by atoms with Crippen molar-refractivity contribution in [2.45, 2.75) is 45.6 Å². The van der Waals surface area contributed by atoms with Gasteiger partial charge < -0.3 is 9.72 Å². The van der Waals surface area contributed by atoms with Gasteiger partial charge in [0.2, 0.25) is 5.95 Å². The zero-order valence-corrected chi connectivity index (χ0v) is 24.5. The number of alkyl halides is 3. The van der Waals surface area contributed by atoms with Gasteiger partial charge in [0.1, 0.15) is 5.60 Å². The number of hydrogen-bond acceptors (Lipinski definition) is 7. The maximum Gasteiger partial charge on any atom is 0.416 e. The van der Waals surface area contributed by atoms with Gasteiger partial charge in [-0.1, -0.05) is 23.7 Å². The Morgan fingerprint density at radius 2 is 1.91 bits per heavy atom. The van der Waals surface area contributed by atoms with Gasteiger partial charge in [-0.15, -0.1) is 0 Å². The minimum absolute atomic E-state index is 0.0141. The van der Waals surface area contributed by atoms with Crippen LogP contribution in [0.5, 0.6) is 0 Å². The third-order valence-electron chi connectivity index (χ3n) is 6.11. The lowest BCUT2D eigenvalue weighted by Gasteiger charge is -2.18. The van der Waals surface area contributed by atoms with Gasteiger partial charge in [0, 0.05) is 16.6 Å². The van der Waals surface area contributed by atoms with E-state index in [0.717, 1.165) is 22.7 Å². The predicted octanol–water partition coefficient (Wildman–Crippen LogP) is 7.06. The first kappa shape index (κ1) is 30.2. The Labute approximate surface area is 252 Å².